The number of benzene rings is 1. The predicted molar refractivity (Wildman–Crippen MR) is 87.9 cm³/mol. The highest BCUT2D eigenvalue weighted by Crippen LogP contribution is 2.37. The summed E-state index contributed by atoms with van der Waals surface area (Å²) in [5, 5.41) is 0. The number of halogens is 1. The molecule has 0 unspecified atom stereocenters. The van der Waals surface area contributed by atoms with Gasteiger partial charge in [-0.3, -0.25) is 4.79 Å². The van der Waals surface area contributed by atoms with Crippen molar-refractivity contribution in [3.8, 4) is 5.75 Å². The van der Waals surface area contributed by atoms with Crippen molar-refractivity contribution in [1.82, 2.24) is 0 Å². The molecule has 0 spiro atoms. The van der Waals surface area contributed by atoms with E-state index in [9.17, 15) is 9.59 Å². The zero-order chi connectivity index (χ0) is 15.4. The molecule has 1 aliphatic heterocycles. The smallest absolute Gasteiger partial charge is 0.337 e. The number of carbonyl (C=O) groups excluding carboxylic acids is 2. The van der Waals surface area contributed by atoms with Gasteiger partial charge in [-0.15, -0.1) is 0 Å². The highest BCUT2D eigenvalue weighted by atomic mass is 127. The Bertz CT molecular complexity index is 559. The molecule has 0 aliphatic carbocycles. The van der Waals surface area contributed by atoms with E-state index in [1.807, 2.05) is 0 Å². The average molecular weight is 403 g/mol. The minimum atomic E-state index is -0.415. The van der Waals surface area contributed by atoms with E-state index in [0.29, 0.717) is 23.5 Å². The van der Waals surface area contributed by atoms with Crippen LogP contribution in [-0.2, 0) is 9.53 Å². The number of unbranched alkanes of at least 4 members (excludes halogenated alkanes) is 2. The van der Waals surface area contributed by atoms with Crippen LogP contribution in [0.25, 0.3) is 0 Å². The maximum atomic E-state index is 12.1. The normalized spacial score (nSPS) is 13.7. The molecule has 1 amide bonds. The van der Waals surface area contributed by atoms with Crippen molar-refractivity contribution in [1.29, 1.82) is 0 Å². The predicted octanol–water partition coefficient (Wildman–Crippen LogP) is 2.99. The van der Waals surface area contributed by atoms with Crippen LogP contribution in [0.1, 0.15) is 36.5 Å². The number of hydrogen-bond donors (Lipinski definition) is 0. The summed E-state index contributed by atoms with van der Waals surface area (Å²) in [5.74, 6) is 0.179. The molecule has 0 fully saturated rings. The fourth-order valence-corrected chi connectivity index (χ4v) is 3.04. The second kappa shape index (κ2) is 7.11. The summed E-state index contributed by atoms with van der Waals surface area (Å²) in [4.78, 5) is 25.5. The van der Waals surface area contributed by atoms with Gasteiger partial charge in [-0.25, -0.2) is 4.79 Å². The van der Waals surface area contributed by atoms with Crippen LogP contribution in [0.15, 0.2) is 12.1 Å². The summed E-state index contributed by atoms with van der Waals surface area (Å²) < 4.78 is 11.1. The van der Waals surface area contributed by atoms with Gasteiger partial charge in [0.1, 0.15) is 0 Å². The van der Waals surface area contributed by atoms with Gasteiger partial charge in [-0.05, 0) is 41.1 Å². The molecule has 114 valence electrons. The number of fused-ring (bicyclic) bond motifs is 1. The summed E-state index contributed by atoms with van der Waals surface area (Å²) in [5.41, 5.74) is 1.09. The molecule has 0 radical (unpaired) electrons. The van der Waals surface area contributed by atoms with Gasteiger partial charge >= 0.3 is 5.97 Å². The van der Waals surface area contributed by atoms with Crippen LogP contribution in [0.2, 0.25) is 0 Å². The van der Waals surface area contributed by atoms with Gasteiger partial charge in [0, 0.05) is 6.54 Å². The lowest BCUT2D eigenvalue weighted by Gasteiger charge is -2.30. The van der Waals surface area contributed by atoms with Crippen LogP contribution in [-0.4, -0.2) is 32.1 Å². The first-order valence-electron chi connectivity index (χ1n) is 6.93. The Morgan fingerprint density at radius 1 is 1.43 bits per heavy atom. The number of hydrogen-bond acceptors (Lipinski definition) is 4. The maximum Gasteiger partial charge on any atom is 0.337 e. The van der Waals surface area contributed by atoms with Crippen molar-refractivity contribution in [2.45, 2.75) is 26.2 Å². The highest BCUT2D eigenvalue weighted by Gasteiger charge is 2.28. The van der Waals surface area contributed by atoms with Crippen molar-refractivity contribution in [2.24, 2.45) is 0 Å². The third-order valence-corrected chi connectivity index (χ3v) is 4.16. The summed E-state index contributed by atoms with van der Waals surface area (Å²) >= 11 is 2.11. The lowest BCUT2D eigenvalue weighted by molar-refractivity contribution is -0.121. The third kappa shape index (κ3) is 3.48. The molecule has 0 saturated carbocycles. The molecule has 2 rings (SSSR count). The highest BCUT2D eigenvalue weighted by molar-refractivity contribution is 14.1. The molecule has 6 heteroatoms. The van der Waals surface area contributed by atoms with Crippen LogP contribution < -0.4 is 9.64 Å². The van der Waals surface area contributed by atoms with Gasteiger partial charge in [0.15, 0.2) is 12.4 Å². The Labute approximate surface area is 137 Å². The first-order chi connectivity index (χ1) is 10.1. The maximum absolute atomic E-state index is 12.1. The third-order valence-electron chi connectivity index (χ3n) is 3.36. The largest absolute Gasteiger partial charge is 0.480 e. The van der Waals surface area contributed by atoms with Crippen LogP contribution in [0.4, 0.5) is 5.69 Å². The Morgan fingerprint density at radius 3 is 2.86 bits per heavy atom. The van der Waals surface area contributed by atoms with E-state index in [0.717, 1.165) is 22.8 Å². The van der Waals surface area contributed by atoms with Gasteiger partial charge in [-0.2, -0.15) is 0 Å². The molecular formula is C15H18INO4. The monoisotopic (exact) mass is 403 g/mol. The zero-order valence-corrected chi connectivity index (χ0v) is 14.3. The van der Waals surface area contributed by atoms with Crippen molar-refractivity contribution < 1.29 is 19.1 Å². The lowest BCUT2D eigenvalue weighted by atomic mass is 10.1. The minimum absolute atomic E-state index is 0.0483. The minimum Gasteiger partial charge on any atom is -0.480 e. The Hall–Kier alpha value is -1.31. The second-order valence-corrected chi connectivity index (χ2v) is 6.00. The Kier molecular flexibility index (Phi) is 5.44. The van der Waals surface area contributed by atoms with Crippen LogP contribution in [0.3, 0.4) is 0 Å². The van der Waals surface area contributed by atoms with Gasteiger partial charge in [0.25, 0.3) is 5.91 Å². The van der Waals surface area contributed by atoms with Gasteiger partial charge < -0.3 is 14.4 Å². The van der Waals surface area contributed by atoms with E-state index >= 15 is 0 Å². The summed E-state index contributed by atoms with van der Waals surface area (Å²) in [6.45, 7) is 2.81. The fourth-order valence-electron chi connectivity index (χ4n) is 2.27. The molecule has 0 N–H and O–H groups in total. The number of amides is 1. The van der Waals surface area contributed by atoms with Crippen LogP contribution in [0, 0.1) is 3.57 Å². The van der Waals surface area contributed by atoms with Gasteiger partial charge in [0.05, 0.1) is 21.9 Å². The topological polar surface area (TPSA) is 55.8 Å². The average Bonchev–Trinajstić information content (AvgIpc) is 2.48. The summed E-state index contributed by atoms with van der Waals surface area (Å²) in [7, 11) is 1.34. The van der Waals surface area contributed by atoms with Crippen molar-refractivity contribution in [3.63, 3.8) is 0 Å². The molecule has 0 atom stereocenters. The number of anilines is 1. The standard InChI is InChI=1S/C15H18INO4/c1-3-4-5-6-17-12-8-10(15(19)20-2)7-11(16)14(12)21-9-13(17)18/h7-8H,3-6,9H2,1-2H3. The SMILES string of the molecule is CCCCCN1C(=O)COc2c(I)cc(C(=O)OC)cc21. The molecule has 1 aliphatic rings. The molecular weight excluding hydrogens is 385 g/mol. The number of methoxy groups -OCH3 is 1. The molecule has 5 nitrogen and oxygen atoms in total. The Balaban J connectivity index is 2.37. The van der Waals surface area contributed by atoms with E-state index in [1.165, 1.54) is 7.11 Å². The van der Waals surface area contributed by atoms with Crippen LogP contribution in [0.5, 0.6) is 5.75 Å². The lowest BCUT2D eigenvalue weighted by Crippen LogP contribution is -2.39. The number of carbonyl (C=O) groups is 2. The second-order valence-electron chi connectivity index (χ2n) is 4.84. The van der Waals surface area contributed by atoms with E-state index < -0.39 is 5.97 Å². The first-order valence-corrected chi connectivity index (χ1v) is 8.01. The summed E-state index contributed by atoms with van der Waals surface area (Å²) in [6.07, 6.45) is 3.08. The van der Waals surface area contributed by atoms with Crippen molar-refractivity contribution in [3.05, 3.63) is 21.3 Å². The number of ether oxygens (including phenoxy) is 2. The molecule has 1 heterocycles. The van der Waals surface area contributed by atoms with Crippen molar-refractivity contribution >= 4 is 40.2 Å². The molecule has 21 heavy (non-hydrogen) atoms. The van der Waals surface area contributed by atoms with E-state index in [4.69, 9.17) is 9.47 Å². The molecule has 1 aromatic rings. The van der Waals surface area contributed by atoms with E-state index in [2.05, 4.69) is 29.5 Å². The van der Waals surface area contributed by atoms with Gasteiger partial charge in [0.2, 0.25) is 0 Å². The van der Waals surface area contributed by atoms with E-state index in [-0.39, 0.29) is 12.5 Å². The molecule has 1 aromatic carbocycles. The summed E-state index contributed by atoms with van der Waals surface area (Å²) in [6, 6.07) is 3.39. The molecule has 0 aromatic heterocycles. The first kappa shape index (κ1) is 16.1. The number of esters is 1. The fraction of sp³-hybridized carbons (Fsp3) is 0.467. The number of nitrogens with zero attached hydrogens (tertiary/aromatic N) is 1. The van der Waals surface area contributed by atoms with Crippen molar-refractivity contribution in [2.75, 3.05) is 25.2 Å². The van der Waals surface area contributed by atoms with E-state index in [1.54, 1.807) is 17.0 Å². The molecule has 0 saturated heterocycles. The quantitative estimate of drug-likeness (QED) is 0.431. The molecule has 0 bridgehead atoms. The number of rotatable bonds is 5. The van der Waals surface area contributed by atoms with Gasteiger partial charge in [-0.1, -0.05) is 19.8 Å². The van der Waals surface area contributed by atoms with Crippen LogP contribution >= 0.6 is 22.6 Å². The Morgan fingerprint density at radius 2 is 2.19 bits per heavy atom. The zero-order valence-electron chi connectivity index (χ0n) is 12.1.